The first kappa shape index (κ1) is 9.77. The van der Waals surface area contributed by atoms with Crippen LogP contribution in [0.1, 0.15) is 48.4 Å². The number of hydrogen-bond donors (Lipinski definition) is 0. The zero-order valence-electron chi connectivity index (χ0n) is 7.96. The van der Waals surface area contributed by atoms with Crippen molar-refractivity contribution in [1.82, 2.24) is 9.97 Å². The van der Waals surface area contributed by atoms with Gasteiger partial charge in [-0.05, 0) is 28.8 Å². The Bertz CT molecular complexity index is 374. The molecule has 0 aliphatic heterocycles. The van der Waals surface area contributed by atoms with Crippen molar-refractivity contribution < 1.29 is 4.79 Å². The maximum atomic E-state index is 11.2. The summed E-state index contributed by atoms with van der Waals surface area (Å²) < 4.78 is 0.688. The molecule has 2 rings (SSSR count). The summed E-state index contributed by atoms with van der Waals surface area (Å²) in [6.07, 6.45) is 5.23. The topological polar surface area (TPSA) is 42.9 Å². The lowest BCUT2D eigenvalue weighted by Crippen LogP contribution is -2.14. The minimum absolute atomic E-state index is 0.0140. The van der Waals surface area contributed by atoms with Crippen molar-refractivity contribution in [2.45, 2.75) is 32.1 Å². The zero-order chi connectivity index (χ0) is 10.1. The van der Waals surface area contributed by atoms with Crippen LogP contribution in [0.3, 0.4) is 0 Å². The van der Waals surface area contributed by atoms with Gasteiger partial charge in [-0.15, -0.1) is 0 Å². The molecule has 14 heavy (non-hydrogen) atoms. The molecule has 0 unspecified atom stereocenters. The highest BCUT2D eigenvalue weighted by Gasteiger charge is 2.23. The smallest absolute Gasteiger partial charge is 0.179 e. The summed E-state index contributed by atoms with van der Waals surface area (Å²) >= 11 is 3.27. The third kappa shape index (κ3) is 1.71. The van der Waals surface area contributed by atoms with Crippen molar-refractivity contribution in [2.75, 3.05) is 0 Å². The highest BCUT2D eigenvalue weighted by molar-refractivity contribution is 9.10. The van der Waals surface area contributed by atoms with Gasteiger partial charge in [0.05, 0.1) is 4.47 Å². The average molecular weight is 255 g/mol. The monoisotopic (exact) mass is 254 g/mol. The van der Waals surface area contributed by atoms with Crippen LogP contribution in [0.25, 0.3) is 0 Å². The van der Waals surface area contributed by atoms with E-state index in [1.807, 2.05) is 0 Å². The third-order valence-corrected chi connectivity index (χ3v) is 3.15. The van der Waals surface area contributed by atoms with E-state index in [1.54, 1.807) is 6.20 Å². The van der Waals surface area contributed by atoms with Crippen molar-refractivity contribution in [3.05, 3.63) is 22.2 Å². The number of Topliss-reactive ketones (excluding diaryl/α,β-unsaturated/α-hetero) is 1. The van der Waals surface area contributed by atoms with Crippen LogP contribution in [0.15, 0.2) is 10.7 Å². The third-order valence-electron chi connectivity index (χ3n) is 2.57. The van der Waals surface area contributed by atoms with Gasteiger partial charge in [-0.3, -0.25) is 4.79 Å². The van der Waals surface area contributed by atoms with Gasteiger partial charge in [-0.2, -0.15) is 0 Å². The van der Waals surface area contributed by atoms with Gasteiger partial charge < -0.3 is 0 Å². The van der Waals surface area contributed by atoms with Crippen molar-refractivity contribution in [3.63, 3.8) is 0 Å². The van der Waals surface area contributed by atoms with Crippen LogP contribution in [0.4, 0.5) is 0 Å². The van der Waals surface area contributed by atoms with Gasteiger partial charge in [0.1, 0.15) is 11.5 Å². The Kier molecular flexibility index (Phi) is 2.63. The van der Waals surface area contributed by atoms with Crippen LogP contribution in [-0.2, 0) is 0 Å². The van der Waals surface area contributed by atoms with Gasteiger partial charge in [0.15, 0.2) is 5.78 Å². The lowest BCUT2D eigenvalue weighted by molar-refractivity contribution is 0.101. The number of hydrogen-bond acceptors (Lipinski definition) is 3. The average Bonchev–Trinajstić information content (AvgIpc) is 2.04. The molecule has 0 saturated heterocycles. The SMILES string of the molecule is CC(=O)c1nc(C2CCC2)ncc1Br. The van der Waals surface area contributed by atoms with Gasteiger partial charge in [-0.1, -0.05) is 6.42 Å². The summed E-state index contributed by atoms with van der Waals surface area (Å²) in [6, 6.07) is 0. The van der Waals surface area contributed by atoms with E-state index in [-0.39, 0.29) is 5.78 Å². The predicted molar refractivity (Wildman–Crippen MR) is 56.3 cm³/mol. The predicted octanol–water partition coefficient (Wildman–Crippen LogP) is 2.71. The number of halogens is 1. The molecular weight excluding hydrogens is 244 g/mol. The van der Waals surface area contributed by atoms with Gasteiger partial charge in [0.25, 0.3) is 0 Å². The summed E-state index contributed by atoms with van der Waals surface area (Å²) in [7, 11) is 0. The van der Waals surface area contributed by atoms with E-state index < -0.39 is 0 Å². The minimum atomic E-state index is -0.0140. The highest BCUT2D eigenvalue weighted by Crippen LogP contribution is 2.34. The van der Waals surface area contributed by atoms with Crippen LogP contribution in [0.5, 0.6) is 0 Å². The molecule has 1 aliphatic rings. The molecule has 1 fully saturated rings. The number of nitrogens with zero attached hydrogens (tertiary/aromatic N) is 2. The first-order chi connectivity index (χ1) is 6.68. The Morgan fingerprint density at radius 3 is 2.79 bits per heavy atom. The second-order valence-electron chi connectivity index (χ2n) is 3.61. The fraction of sp³-hybridized carbons (Fsp3) is 0.500. The Morgan fingerprint density at radius 2 is 2.29 bits per heavy atom. The number of rotatable bonds is 2. The molecule has 1 aliphatic carbocycles. The lowest BCUT2D eigenvalue weighted by Gasteiger charge is -2.23. The molecule has 0 aromatic carbocycles. The van der Waals surface area contributed by atoms with E-state index in [2.05, 4.69) is 25.9 Å². The minimum Gasteiger partial charge on any atom is -0.293 e. The van der Waals surface area contributed by atoms with Gasteiger partial charge in [0, 0.05) is 19.0 Å². The molecule has 0 amide bonds. The zero-order valence-corrected chi connectivity index (χ0v) is 9.54. The maximum Gasteiger partial charge on any atom is 0.179 e. The van der Waals surface area contributed by atoms with E-state index in [4.69, 9.17) is 0 Å². The van der Waals surface area contributed by atoms with Crippen LogP contribution >= 0.6 is 15.9 Å². The van der Waals surface area contributed by atoms with Crippen molar-refractivity contribution in [3.8, 4) is 0 Å². The Hall–Kier alpha value is -0.770. The maximum absolute atomic E-state index is 11.2. The first-order valence-electron chi connectivity index (χ1n) is 4.72. The van der Waals surface area contributed by atoms with Crippen LogP contribution in [0.2, 0.25) is 0 Å². The molecule has 74 valence electrons. The number of ketones is 1. The molecular formula is C10H11BrN2O. The second kappa shape index (κ2) is 3.77. The normalized spacial score (nSPS) is 16.4. The molecule has 0 atom stereocenters. The molecule has 1 aromatic rings. The molecule has 1 heterocycles. The summed E-state index contributed by atoms with van der Waals surface area (Å²) in [4.78, 5) is 19.7. The second-order valence-corrected chi connectivity index (χ2v) is 4.46. The molecule has 0 N–H and O–H groups in total. The van der Waals surface area contributed by atoms with Crippen molar-refractivity contribution in [1.29, 1.82) is 0 Å². The van der Waals surface area contributed by atoms with Crippen LogP contribution in [-0.4, -0.2) is 15.8 Å². The summed E-state index contributed by atoms with van der Waals surface area (Å²) in [6.45, 7) is 1.53. The summed E-state index contributed by atoms with van der Waals surface area (Å²) in [5.74, 6) is 1.28. The summed E-state index contributed by atoms with van der Waals surface area (Å²) in [5, 5.41) is 0. The fourth-order valence-electron chi connectivity index (χ4n) is 1.49. The molecule has 1 aromatic heterocycles. The summed E-state index contributed by atoms with van der Waals surface area (Å²) in [5.41, 5.74) is 0.502. The van der Waals surface area contributed by atoms with Gasteiger partial charge >= 0.3 is 0 Å². The molecule has 0 radical (unpaired) electrons. The first-order valence-corrected chi connectivity index (χ1v) is 5.51. The Balaban J connectivity index is 2.34. The molecule has 0 spiro atoms. The largest absolute Gasteiger partial charge is 0.293 e. The van der Waals surface area contributed by atoms with Crippen LogP contribution < -0.4 is 0 Å². The molecule has 4 heteroatoms. The van der Waals surface area contributed by atoms with Crippen molar-refractivity contribution in [2.24, 2.45) is 0 Å². The number of carbonyl (C=O) groups is 1. The Labute approximate surface area is 91.1 Å². The molecule has 1 saturated carbocycles. The van der Waals surface area contributed by atoms with Gasteiger partial charge in [0.2, 0.25) is 0 Å². The number of carbonyl (C=O) groups excluding carboxylic acids is 1. The molecule has 3 nitrogen and oxygen atoms in total. The number of aromatic nitrogens is 2. The van der Waals surface area contributed by atoms with Crippen LogP contribution in [0, 0.1) is 0 Å². The van der Waals surface area contributed by atoms with E-state index in [0.29, 0.717) is 16.1 Å². The fourth-order valence-corrected chi connectivity index (χ4v) is 1.96. The van der Waals surface area contributed by atoms with E-state index >= 15 is 0 Å². The lowest BCUT2D eigenvalue weighted by atomic mass is 9.85. The standard InChI is InChI=1S/C10H11BrN2O/c1-6(14)9-8(11)5-12-10(13-9)7-3-2-4-7/h5,7H,2-4H2,1H3. The van der Waals surface area contributed by atoms with Gasteiger partial charge in [-0.25, -0.2) is 9.97 Å². The Morgan fingerprint density at radius 1 is 1.57 bits per heavy atom. The molecule has 0 bridgehead atoms. The highest BCUT2D eigenvalue weighted by atomic mass is 79.9. The van der Waals surface area contributed by atoms with E-state index in [1.165, 1.54) is 13.3 Å². The van der Waals surface area contributed by atoms with Crippen molar-refractivity contribution >= 4 is 21.7 Å². The quantitative estimate of drug-likeness (QED) is 0.763. The van der Waals surface area contributed by atoms with E-state index in [0.717, 1.165) is 18.7 Å². The van der Waals surface area contributed by atoms with E-state index in [9.17, 15) is 4.79 Å².